The van der Waals surface area contributed by atoms with Crippen molar-refractivity contribution in [3.05, 3.63) is 64.5 Å². The van der Waals surface area contributed by atoms with E-state index in [0.29, 0.717) is 6.61 Å². The minimum atomic E-state index is -4.26. The Kier molecular flexibility index (Phi) is 5.57. The Morgan fingerprint density at radius 3 is 2.50 bits per heavy atom. The molecular formula is C19H19N3O5S. The van der Waals surface area contributed by atoms with Crippen molar-refractivity contribution in [2.45, 2.75) is 30.2 Å². The number of nitrogens with zero attached hydrogens (tertiary/aromatic N) is 2. The lowest BCUT2D eigenvalue weighted by atomic mass is 10.1. The monoisotopic (exact) mass is 401 g/mol. The Hall–Kier alpha value is -3.04. The second kappa shape index (κ2) is 7.91. The second-order valence-corrected chi connectivity index (χ2v) is 7.85. The fraction of sp³-hybridized carbons (Fsp3) is 0.211. The van der Waals surface area contributed by atoms with Gasteiger partial charge in [0.1, 0.15) is 12.4 Å². The number of benzene rings is 1. The van der Waals surface area contributed by atoms with Crippen LogP contribution in [-0.2, 0) is 21.2 Å². The molecule has 28 heavy (non-hydrogen) atoms. The predicted molar refractivity (Wildman–Crippen MR) is 102 cm³/mol. The quantitative estimate of drug-likeness (QED) is 0.649. The number of nitrogens with one attached hydrogen (secondary N) is 1. The van der Waals surface area contributed by atoms with Gasteiger partial charge >= 0.3 is 0 Å². The molecule has 0 amide bonds. The van der Waals surface area contributed by atoms with E-state index in [4.69, 9.17) is 4.74 Å². The zero-order chi connectivity index (χ0) is 20.3. The number of aromatic nitrogens is 3. The summed E-state index contributed by atoms with van der Waals surface area (Å²) in [6.45, 7) is 3.95. The molecule has 0 saturated carbocycles. The van der Waals surface area contributed by atoms with Gasteiger partial charge in [0.25, 0.3) is 5.56 Å². The Morgan fingerprint density at radius 1 is 1.18 bits per heavy atom. The standard InChI is InChI=1S/C19H19N3O5S/c1-3-27-11-16-21-18(23)17(19(24)22-16)28(25,26)14-8-6-13(7-9-14)15-5-4-10-20-12(15)2/h4-10H,3,11H2,1-2H3,(H2,21,22,23,24). The third-order valence-electron chi connectivity index (χ3n) is 4.10. The van der Waals surface area contributed by atoms with Crippen LogP contribution in [0.1, 0.15) is 18.4 Å². The van der Waals surface area contributed by atoms with Crippen molar-refractivity contribution in [1.82, 2.24) is 15.0 Å². The van der Waals surface area contributed by atoms with Crippen LogP contribution in [0.25, 0.3) is 11.1 Å². The van der Waals surface area contributed by atoms with Gasteiger partial charge in [-0.2, -0.15) is 4.98 Å². The van der Waals surface area contributed by atoms with Crippen molar-refractivity contribution in [3.63, 3.8) is 0 Å². The zero-order valence-electron chi connectivity index (χ0n) is 15.3. The summed E-state index contributed by atoms with van der Waals surface area (Å²) in [6, 6.07) is 9.68. The highest BCUT2D eigenvalue weighted by atomic mass is 32.2. The van der Waals surface area contributed by atoms with Gasteiger partial charge in [0, 0.05) is 24.1 Å². The van der Waals surface area contributed by atoms with E-state index in [9.17, 15) is 18.3 Å². The molecule has 9 heteroatoms. The summed E-state index contributed by atoms with van der Waals surface area (Å²) < 4.78 is 30.8. The number of pyridine rings is 1. The van der Waals surface area contributed by atoms with E-state index in [1.807, 2.05) is 13.0 Å². The average molecular weight is 401 g/mol. The third kappa shape index (κ3) is 3.80. The summed E-state index contributed by atoms with van der Waals surface area (Å²) in [7, 11) is -4.26. The maximum absolute atomic E-state index is 12.9. The number of sulfone groups is 1. The number of aryl methyl sites for hydroxylation is 1. The number of ether oxygens (including phenoxy) is 1. The summed E-state index contributed by atoms with van der Waals surface area (Å²) in [5.41, 5.74) is 1.51. The van der Waals surface area contributed by atoms with Crippen LogP contribution in [0.4, 0.5) is 0 Å². The van der Waals surface area contributed by atoms with E-state index in [-0.39, 0.29) is 17.3 Å². The van der Waals surface area contributed by atoms with Gasteiger partial charge in [-0.05, 0) is 37.6 Å². The second-order valence-electron chi connectivity index (χ2n) is 5.97. The molecule has 2 N–H and O–H groups in total. The number of H-pyrrole nitrogens is 1. The highest BCUT2D eigenvalue weighted by Crippen LogP contribution is 2.27. The molecule has 0 saturated heterocycles. The number of aromatic hydroxyl groups is 1. The van der Waals surface area contributed by atoms with Crippen molar-refractivity contribution in [2.24, 2.45) is 0 Å². The molecule has 3 rings (SSSR count). The normalized spacial score (nSPS) is 11.5. The maximum Gasteiger partial charge on any atom is 0.274 e. The van der Waals surface area contributed by atoms with Crippen LogP contribution < -0.4 is 5.56 Å². The highest BCUT2D eigenvalue weighted by molar-refractivity contribution is 7.91. The van der Waals surface area contributed by atoms with Crippen molar-refractivity contribution in [1.29, 1.82) is 0 Å². The summed E-state index contributed by atoms with van der Waals surface area (Å²) in [4.78, 5) is 21.6. The molecule has 0 fully saturated rings. The maximum atomic E-state index is 12.9. The highest BCUT2D eigenvalue weighted by Gasteiger charge is 2.27. The van der Waals surface area contributed by atoms with Crippen LogP contribution in [0.3, 0.4) is 0 Å². The van der Waals surface area contributed by atoms with Crippen LogP contribution in [0, 0.1) is 6.92 Å². The first kappa shape index (κ1) is 19.7. The molecule has 0 unspecified atom stereocenters. The molecule has 0 aliphatic heterocycles. The SMILES string of the molecule is CCOCc1nc(O)c(S(=O)(=O)c2ccc(-c3cccnc3C)cc2)c(=O)[nH]1. The van der Waals surface area contributed by atoms with E-state index < -0.39 is 26.2 Å². The van der Waals surface area contributed by atoms with Gasteiger partial charge < -0.3 is 14.8 Å². The van der Waals surface area contributed by atoms with Gasteiger partial charge in [-0.25, -0.2) is 8.42 Å². The topological polar surface area (TPSA) is 122 Å². The van der Waals surface area contributed by atoms with E-state index in [1.54, 1.807) is 31.3 Å². The minimum absolute atomic E-state index is 0.0429. The van der Waals surface area contributed by atoms with E-state index in [2.05, 4.69) is 15.0 Å². The molecule has 1 aromatic carbocycles. The number of hydrogen-bond donors (Lipinski definition) is 2. The number of hydrogen-bond acceptors (Lipinski definition) is 7. The van der Waals surface area contributed by atoms with Crippen LogP contribution in [0.15, 0.2) is 57.2 Å². The Balaban J connectivity index is 2.00. The van der Waals surface area contributed by atoms with Crippen LogP contribution >= 0.6 is 0 Å². The molecular weight excluding hydrogens is 382 g/mol. The molecule has 0 atom stereocenters. The molecule has 2 aromatic heterocycles. The minimum Gasteiger partial charge on any atom is -0.492 e. The van der Waals surface area contributed by atoms with Crippen molar-refractivity contribution in [3.8, 4) is 17.0 Å². The van der Waals surface area contributed by atoms with Gasteiger partial charge in [-0.1, -0.05) is 18.2 Å². The van der Waals surface area contributed by atoms with E-state index in [1.165, 1.54) is 12.1 Å². The number of aromatic amines is 1. The Bertz CT molecular complexity index is 1150. The van der Waals surface area contributed by atoms with Gasteiger partial charge in [0.05, 0.1) is 4.90 Å². The first-order valence-electron chi connectivity index (χ1n) is 8.51. The fourth-order valence-electron chi connectivity index (χ4n) is 2.73. The van der Waals surface area contributed by atoms with Gasteiger partial charge in [0.2, 0.25) is 15.7 Å². The van der Waals surface area contributed by atoms with Crippen molar-refractivity contribution >= 4 is 9.84 Å². The van der Waals surface area contributed by atoms with E-state index in [0.717, 1.165) is 16.8 Å². The molecule has 0 spiro atoms. The molecule has 146 valence electrons. The number of rotatable bonds is 6. The summed E-state index contributed by atoms with van der Waals surface area (Å²) in [5.74, 6) is -0.809. The summed E-state index contributed by atoms with van der Waals surface area (Å²) in [5, 5.41) is 10.1. The molecule has 0 bridgehead atoms. The average Bonchev–Trinajstić information content (AvgIpc) is 2.66. The third-order valence-corrected chi connectivity index (χ3v) is 5.90. The molecule has 0 radical (unpaired) electrons. The van der Waals surface area contributed by atoms with Crippen LogP contribution in [-0.4, -0.2) is 35.1 Å². The smallest absolute Gasteiger partial charge is 0.274 e. The largest absolute Gasteiger partial charge is 0.492 e. The zero-order valence-corrected chi connectivity index (χ0v) is 16.2. The molecule has 8 nitrogen and oxygen atoms in total. The van der Waals surface area contributed by atoms with Gasteiger partial charge in [-0.15, -0.1) is 0 Å². The van der Waals surface area contributed by atoms with E-state index >= 15 is 0 Å². The van der Waals surface area contributed by atoms with Crippen LogP contribution in [0.2, 0.25) is 0 Å². The Morgan fingerprint density at radius 2 is 1.89 bits per heavy atom. The first-order chi connectivity index (χ1) is 13.3. The lowest BCUT2D eigenvalue weighted by Gasteiger charge is -2.09. The summed E-state index contributed by atoms with van der Waals surface area (Å²) >= 11 is 0. The lowest BCUT2D eigenvalue weighted by Crippen LogP contribution is -2.21. The first-order valence-corrected chi connectivity index (χ1v) is 10.00. The molecule has 3 aromatic rings. The van der Waals surface area contributed by atoms with Gasteiger partial charge in [0.15, 0.2) is 4.90 Å². The van der Waals surface area contributed by atoms with Gasteiger partial charge in [-0.3, -0.25) is 9.78 Å². The summed E-state index contributed by atoms with van der Waals surface area (Å²) in [6.07, 6.45) is 1.68. The fourth-order valence-corrected chi connectivity index (χ4v) is 4.04. The van der Waals surface area contributed by atoms with Crippen LogP contribution in [0.5, 0.6) is 5.88 Å². The lowest BCUT2D eigenvalue weighted by molar-refractivity contribution is 0.127. The van der Waals surface area contributed by atoms with Crippen molar-refractivity contribution < 1.29 is 18.3 Å². The molecule has 0 aliphatic rings. The van der Waals surface area contributed by atoms with Crippen molar-refractivity contribution in [2.75, 3.05) is 6.61 Å². The molecule has 0 aliphatic carbocycles. The molecule has 2 heterocycles. The Labute approximate surface area is 161 Å². The predicted octanol–water partition coefficient (Wildman–Crippen LogP) is 2.22.